The minimum absolute atomic E-state index is 0.0555. The average molecular weight is 437 g/mol. The number of nitrogens with zero attached hydrogens (tertiary/aromatic N) is 3. The highest BCUT2D eigenvalue weighted by molar-refractivity contribution is 6.31. The van der Waals surface area contributed by atoms with Crippen molar-refractivity contribution in [3.63, 3.8) is 0 Å². The number of hydrogen-bond donors (Lipinski definition) is 1. The molecule has 0 fully saturated rings. The van der Waals surface area contributed by atoms with Crippen molar-refractivity contribution in [2.45, 2.75) is 13.8 Å². The Morgan fingerprint density at radius 2 is 1.63 bits per heavy atom. The Kier molecular flexibility index (Phi) is 5.57. The van der Waals surface area contributed by atoms with Gasteiger partial charge in [-0.2, -0.15) is 0 Å². The maximum absolute atomic E-state index is 12.8. The number of rotatable bonds is 4. The highest BCUT2D eigenvalue weighted by Gasteiger charge is 2.20. The molecular formula is C23H18Cl2N4O. The van der Waals surface area contributed by atoms with Crippen LogP contribution in [0.1, 0.15) is 21.7 Å². The highest BCUT2D eigenvalue weighted by atomic mass is 35.5. The van der Waals surface area contributed by atoms with E-state index >= 15 is 0 Å². The van der Waals surface area contributed by atoms with Gasteiger partial charge in [0.25, 0.3) is 5.91 Å². The van der Waals surface area contributed by atoms with E-state index in [0.717, 1.165) is 22.4 Å². The highest BCUT2D eigenvalue weighted by Crippen LogP contribution is 2.27. The van der Waals surface area contributed by atoms with Gasteiger partial charge >= 0.3 is 0 Å². The summed E-state index contributed by atoms with van der Waals surface area (Å²) in [5.41, 5.74) is 4.14. The fourth-order valence-corrected chi connectivity index (χ4v) is 3.31. The monoisotopic (exact) mass is 436 g/mol. The van der Waals surface area contributed by atoms with Crippen LogP contribution in [-0.2, 0) is 0 Å². The molecule has 4 aromatic rings. The molecule has 1 aromatic heterocycles. The zero-order chi connectivity index (χ0) is 21.3. The van der Waals surface area contributed by atoms with Crippen molar-refractivity contribution in [3.05, 3.63) is 93.7 Å². The van der Waals surface area contributed by atoms with Gasteiger partial charge in [0, 0.05) is 21.3 Å². The third-order valence-corrected chi connectivity index (χ3v) is 5.35. The van der Waals surface area contributed by atoms with Crippen molar-refractivity contribution >= 4 is 34.8 Å². The molecular weight excluding hydrogens is 419 g/mol. The minimum Gasteiger partial charge on any atom is -0.319 e. The van der Waals surface area contributed by atoms with E-state index in [-0.39, 0.29) is 5.82 Å². The summed E-state index contributed by atoms with van der Waals surface area (Å²) < 4.78 is 1.63. The van der Waals surface area contributed by atoms with Crippen molar-refractivity contribution in [2.75, 3.05) is 5.32 Å². The Labute approximate surface area is 184 Å². The molecule has 0 aliphatic carbocycles. The molecule has 0 aliphatic heterocycles. The topological polar surface area (TPSA) is 59.8 Å². The number of aryl methyl sites for hydroxylation is 1. The van der Waals surface area contributed by atoms with E-state index in [0.29, 0.717) is 21.6 Å². The zero-order valence-corrected chi connectivity index (χ0v) is 17.9. The summed E-state index contributed by atoms with van der Waals surface area (Å²) >= 11 is 12.3. The van der Waals surface area contributed by atoms with Gasteiger partial charge in [-0.3, -0.25) is 4.79 Å². The van der Waals surface area contributed by atoms with Gasteiger partial charge in [0.1, 0.15) is 0 Å². The molecule has 0 spiro atoms. The fourth-order valence-electron chi connectivity index (χ4n) is 3.01. The van der Waals surface area contributed by atoms with Gasteiger partial charge < -0.3 is 5.32 Å². The number of anilines is 1. The molecule has 1 heterocycles. The zero-order valence-electron chi connectivity index (χ0n) is 16.4. The molecule has 30 heavy (non-hydrogen) atoms. The van der Waals surface area contributed by atoms with Crippen molar-refractivity contribution < 1.29 is 4.79 Å². The molecule has 150 valence electrons. The van der Waals surface area contributed by atoms with Crippen LogP contribution in [0.25, 0.3) is 17.1 Å². The van der Waals surface area contributed by atoms with Crippen LogP contribution in [0.2, 0.25) is 10.0 Å². The Hall–Kier alpha value is -3.15. The lowest BCUT2D eigenvalue weighted by atomic mass is 10.1. The predicted molar refractivity (Wildman–Crippen MR) is 121 cm³/mol. The Bertz CT molecular complexity index is 1220. The van der Waals surface area contributed by atoms with Crippen LogP contribution in [0.3, 0.4) is 0 Å². The molecule has 1 amide bonds. The lowest BCUT2D eigenvalue weighted by Gasteiger charge is -2.10. The molecule has 7 heteroatoms. The Morgan fingerprint density at radius 1 is 0.933 bits per heavy atom. The lowest BCUT2D eigenvalue weighted by Crippen LogP contribution is -2.14. The van der Waals surface area contributed by atoms with Gasteiger partial charge in [0.2, 0.25) is 5.82 Å². The van der Waals surface area contributed by atoms with E-state index in [4.69, 9.17) is 23.2 Å². The summed E-state index contributed by atoms with van der Waals surface area (Å²) in [6, 6.07) is 20.3. The molecule has 3 aromatic carbocycles. The molecule has 0 unspecified atom stereocenters. The maximum atomic E-state index is 12.8. The summed E-state index contributed by atoms with van der Waals surface area (Å²) in [7, 11) is 0. The maximum Gasteiger partial charge on any atom is 0.295 e. The Morgan fingerprint density at radius 3 is 2.33 bits per heavy atom. The van der Waals surface area contributed by atoms with Crippen molar-refractivity contribution in [1.82, 2.24) is 14.8 Å². The number of aromatic nitrogens is 3. The normalized spacial score (nSPS) is 10.8. The first kappa shape index (κ1) is 20.1. The number of halogens is 2. The third kappa shape index (κ3) is 4.08. The van der Waals surface area contributed by atoms with E-state index < -0.39 is 5.91 Å². The first-order chi connectivity index (χ1) is 14.4. The summed E-state index contributed by atoms with van der Waals surface area (Å²) in [5.74, 6) is 0.179. The van der Waals surface area contributed by atoms with Crippen molar-refractivity contribution in [3.8, 4) is 17.1 Å². The van der Waals surface area contributed by atoms with Gasteiger partial charge in [-0.05, 0) is 67.9 Å². The molecule has 0 saturated heterocycles. The second kappa shape index (κ2) is 8.30. The standard InChI is InChI=1S/C23H18Cl2N4O/c1-14-6-12-18(13-7-14)26-23(30)21-27-22(16-8-10-17(24)11-9-16)29(28-21)20-5-3-4-19(25)15(20)2/h3-13H,1-2H3,(H,26,30). The molecule has 0 aliphatic rings. The quantitative estimate of drug-likeness (QED) is 0.419. The van der Waals surface area contributed by atoms with Gasteiger partial charge in [0.05, 0.1) is 5.69 Å². The average Bonchev–Trinajstić information content (AvgIpc) is 3.17. The van der Waals surface area contributed by atoms with E-state index in [1.54, 1.807) is 16.8 Å². The molecule has 0 saturated carbocycles. The smallest absolute Gasteiger partial charge is 0.295 e. The summed E-state index contributed by atoms with van der Waals surface area (Å²) in [4.78, 5) is 17.4. The summed E-state index contributed by atoms with van der Waals surface area (Å²) in [5, 5.41) is 8.56. The van der Waals surface area contributed by atoms with E-state index in [1.807, 2.05) is 68.4 Å². The van der Waals surface area contributed by atoms with Crippen LogP contribution in [0.5, 0.6) is 0 Å². The van der Waals surface area contributed by atoms with E-state index in [1.165, 1.54) is 0 Å². The van der Waals surface area contributed by atoms with Crippen LogP contribution < -0.4 is 5.32 Å². The van der Waals surface area contributed by atoms with Crippen LogP contribution in [0.4, 0.5) is 5.69 Å². The number of carbonyl (C=O) groups excluding carboxylic acids is 1. The molecule has 5 nitrogen and oxygen atoms in total. The van der Waals surface area contributed by atoms with Gasteiger partial charge in [-0.1, -0.05) is 47.0 Å². The van der Waals surface area contributed by atoms with Gasteiger partial charge in [-0.15, -0.1) is 5.10 Å². The lowest BCUT2D eigenvalue weighted by molar-refractivity contribution is 0.101. The number of carbonyl (C=O) groups is 1. The van der Waals surface area contributed by atoms with E-state index in [2.05, 4.69) is 15.4 Å². The molecule has 0 atom stereocenters. The predicted octanol–water partition coefficient (Wildman–Crippen LogP) is 6.11. The van der Waals surface area contributed by atoms with Crippen LogP contribution >= 0.6 is 23.2 Å². The minimum atomic E-state index is -0.396. The molecule has 0 radical (unpaired) electrons. The molecule has 0 bridgehead atoms. The summed E-state index contributed by atoms with van der Waals surface area (Å²) in [6.45, 7) is 3.89. The fraction of sp³-hybridized carbons (Fsp3) is 0.0870. The summed E-state index contributed by atoms with van der Waals surface area (Å²) in [6.07, 6.45) is 0. The van der Waals surface area contributed by atoms with E-state index in [9.17, 15) is 4.79 Å². The second-order valence-corrected chi connectivity index (χ2v) is 7.73. The number of amides is 1. The van der Waals surface area contributed by atoms with Crippen LogP contribution in [0, 0.1) is 13.8 Å². The van der Waals surface area contributed by atoms with Gasteiger partial charge in [-0.25, -0.2) is 9.67 Å². The molecule has 1 N–H and O–H groups in total. The third-order valence-electron chi connectivity index (χ3n) is 4.69. The first-order valence-electron chi connectivity index (χ1n) is 9.29. The largest absolute Gasteiger partial charge is 0.319 e. The molecule has 4 rings (SSSR count). The first-order valence-corrected chi connectivity index (χ1v) is 10.0. The van der Waals surface area contributed by atoms with Crippen molar-refractivity contribution in [1.29, 1.82) is 0 Å². The SMILES string of the molecule is Cc1ccc(NC(=O)c2nc(-c3ccc(Cl)cc3)n(-c3cccc(Cl)c3C)n2)cc1. The Balaban J connectivity index is 1.79. The number of nitrogens with one attached hydrogen (secondary N) is 1. The van der Waals surface area contributed by atoms with Gasteiger partial charge in [0.15, 0.2) is 5.82 Å². The van der Waals surface area contributed by atoms with Crippen LogP contribution in [0.15, 0.2) is 66.7 Å². The second-order valence-electron chi connectivity index (χ2n) is 6.88. The van der Waals surface area contributed by atoms with Crippen molar-refractivity contribution in [2.24, 2.45) is 0 Å². The number of benzene rings is 3. The van der Waals surface area contributed by atoms with Crippen LogP contribution in [-0.4, -0.2) is 20.7 Å². The number of hydrogen-bond acceptors (Lipinski definition) is 3.